The number of aromatic nitrogens is 2. The number of hydrogen-bond acceptors (Lipinski definition) is 3. The molecule has 29 heavy (non-hydrogen) atoms. The molecule has 4 nitrogen and oxygen atoms in total. The maximum Gasteiger partial charge on any atom is 0.137 e. The van der Waals surface area contributed by atoms with E-state index in [4.69, 9.17) is 4.98 Å². The first-order chi connectivity index (χ1) is 14.1. The number of benzene rings is 2. The molecule has 152 valence electrons. The van der Waals surface area contributed by atoms with E-state index in [0.29, 0.717) is 5.92 Å². The Kier molecular flexibility index (Phi) is 5.84. The highest BCUT2D eigenvalue weighted by Gasteiger charge is 2.45. The Morgan fingerprint density at radius 1 is 0.966 bits per heavy atom. The summed E-state index contributed by atoms with van der Waals surface area (Å²) in [7, 11) is 0. The van der Waals surface area contributed by atoms with E-state index in [9.17, 15) is 0 Å². The smallest absolute Gasteiger partial charge is 0.137 e. The maximum absolute atomic E-state index is 5.23. The molecular formula is C25H32N4. The van der Waals surface area contributed by atoms with Gasteiger partial charge in [0.15, 0.2) is 0 Å². The lowest BCUT2D eigenvalue weighted by Gasteiger charge is -2.48. The van der Waals surface area contributed by atoms with Gasteiger partial charge in [-0.3, -0.25) is 4.90 Å². The van der Waals surface area contributed by atoms with Crippen LogP contribution in [0.4, 0.5) is 0 Å². The van der Waals surface area contributed by atoms with Crippen LogP contribution in [0.15, 0.2) is 60.7 Å². The van der Waals surface area contributed by atoms with Crippen molar-refractivity contribution in [3.05, 3.63) is 77.6 Å². The summed E-state index contributed by atoms with van der Waals surface area (Å²) < 4.78 is 0. The highest BCUT2D eigenvalue weighted by Crippen LogP contribution is 2.41. The van der Waals surface area contributed by atoms with Crippen molar-refractivity contribution >= 4 is 0 Å². The average molecular weight is 389 g/mol. The van der Waals surface area contributed by atoms with E-state index in [1.807, 2.05) is 0 Å². The van der Waals surface area contributed by atoms with Crippen molar-refractivity contribution in [1.82, 2.24) is 20.2 Å². The average Bonchev–Trinajstić information content (AvgIpc) is 3.16. The van der Waals surface area contributed by atoms with Crippen LogP contribution in [0.3, 0.4) is 0 Å². The molecule has 0 aliphatic carbocycles. The van der Waals surface area contributed by atoms with Crippen LogP contribution in [-0.4, -0.2) is 41.0 Å². The van der Waals surface area contributed by atoms with Gasteiger partial charge in [0.05, 0.1) is 11.2 Å². The molecule has 2 N–H and O–H groups in total. The molecule has 2 aromatic carbocycles. The fourth-order valence-electron chi connectivity index (χ4n) is 4.77. The summed E-state index contributed by atoms with van der Waals surface area (Å²) in [6.07, 6.45) is 0.964. The molecule has 1 saturated heterocycles. The molecule has 1 aliphatic rings. The van der Waals surface area contributed by atoms with Crippen molar-refractivity contribution in [3.63, 3.8) is 0 Å². The molecule has 1 unspecified atom stereocenters. The van der Waals surface area contributed by atoms with Crippen LogP contribution < -0.4 is 5.32 Å². The minimum atomic E-state index is -0.142. The molecule has 1 aromatic heterocycles. The van der Waals surface area contributed by atoms with E-state index in [-0.39, 0.29) is 5.54 Å². The second-order valence-electron chi connectivity index (χ2n) is 8.40. The Bertz CT molecular complexity index is 911. The SMILES string of the molecule is Cc1[nH]c(-c2ccccc2)nc1C(Cc1ccccc1)(C(C)C)N1CCNCC1. The molecule has 3 aromatic rings. The van der Waals surface area contributed by atoms with Gasteiger partial charge in [0.1, 0.15) is 5.82 Å². The topological polar surface area (TPSA) is 44.0 Å². The van der Waals surface area contributed by atoms with Crippen molar-refractivity contribution in [2.75, 3.05) is 26.2 Å². The van der Waals surface area contributed by atoms with Crippen LogP contribution >= 0.6 is 0 Å². The third kappa shape index (κ3) is 3.87. The molecule has 1 aliphatic heterocycles. The minimum absolute atomic E-state index is 0.142. The lowest BCUT2D eigenvalue weighted by molar-refractivity contribution is 0.0253. The van der Waals surface area contributed by atoms with Crippen molar-refractivity contribution in [2.45, 2.75) is 32.7 Å². The van der Waals surface area contributed by atoms with Gasteiger partial charge in [-0.2, -0.15) is 0 Å². The van der Waals surface area contributed by atoms with Crippen molar-refractivity contribution in [2.24, 2.45) is 5.92 Å². The van der Waals surface area contributed by atoms with Gasteiger partial charge in [0.2, 0.25) is 0 Å². The monoisotopic (exact) mass is 388 g/mol. The molecule has 0 radical (unpaired) electrons. The predicted molar refractivity (Wildman–Crippen MR) is 120 cm³/mol. The van der Waals surface area contributed by atoms with Gasteiger partial charge in [0, 0.05) is 37.4 Å². The molecular weight excluding hydrogens is 356 g/mol. The number of nitrogens with zero attached hydrogens (tertiary/aromatic N) is 2. The van der Waals surface area contributed by atoms with E-state index < -0.39 is 0 Å². The van der Waals surface area contributed by atoms with Crippen LogP contribution in [0.2, 0.25) is 0 Å². The molecule has 0 spiro atoms. The van der Waals surface area contributed by atoms with Crippen molar-refractivity contribution in [3.8, 4) is 11.4 Å². The molecule has 2 heterocycles. The van der Waals surface area contributed by atoms with Gasteiger partial charge < -0.3 is 10.3 Å². The van der Waals surface area contributed by atoms with Crippen LogP contribution in [0.1, 0.15) is 30.8 Å². The Balaban J connectivity index is 1.84. The maximum atomic E-state index is 5.23. The fraction of sp³-hybridized carbons (Fsp3) is 0.400. The third-order valence-corrected chi connectivity index (χ3v) is 6.29. The zero-order valence-corrected chi connectivity index (χ0v) is 17.8. The fourth-order valence-corrected chi connectivity index (χ4v) is 4.77. The lowest BCUT2D eigenvalue weighted by Crippen LogP contribution is -2.58. The summed E-state index contributed by atoms with van der Waals surface area (Å²) in [4.78, 5) is 11.5. The third-order valence-electron chi connectivity index (χ3n) is 6.29. The summed E-state index contributed by atoms with van der Waals surface area (Å²) in [5, 5.41) is 3.52. The normalized spacial score (nSPS) is 17.4. The van der Waals surface area contributed by atoms with Crippen LogP contribution in [-0.2, 0) is 12.0 Å². The van der Waals surface area contributed by atoms with Crippen molar-refractivity contribution in [1.29, 1.82) is 0 Å². The Morgan fingerprint density at radius 2 is 1.59 bits per heavy atom. The first kappa shape index (κ1) is 19.9. The van der Waals surface area contributed by atoms with E-state index in [2.05, 4.69) is 96.6 Å². The highest BCUT2D eigenvalue weighted by atomic mass is 15.3. The zero-order valence-electron chi connectivity index (χ0n) is 17.8. The Morgan fingerprint density at radius 3 is 2.21 bits per heavy atom. The summed E-state index contributed by atoms with van der Waals surface area (Å²) in [6.45, 7) is 11.0. The molecule has 0 bridgehead atoms. The second-order valence-corrected chi connectivity index (χ2v) is 8.40. The van der Waals surface area contributed by atoms with Crippen LogP contribution in [0.5, 0.6) is 0 Å². The first-order valence-corrected chi connectivity index (χ1v) is 10.7. The molecule has 4 rings (SSSR count). The standard InChI is InChI=1S/C25H32N4/c1-19(2)25(29-16-14-26-15-17-29,18-21-10-6-4-7-11-21)23-20(3)27-24(28-23)22-12-8-5-9-13-22/h4-13,19,26H,14-18H2,1-3H3,(H,27,28). The zero-order chi connectivity index (χ0) is 20.3. The number of imidazole rings is 1. The number of aryl methyl sites for hydroxylation is 1. The quantitative estimate of drug-likeness (QED) is 0.658. The van der Waals surface area contributed by atoms with E-state index >= 15 is 0 Å². The second kappa shape index (κ2) is 8.52. The van der Waals surface area contributed by atoms with E-state index in [0.717, 1.165) is 44.0 Å². The minimum Gasteiger partial charge on any atom is -0.342 e. The Labute approximate surface area is 174 Å². The van der Waals surface area contributed by atoms with Crippen molar-refractivity contribution < 1.29 is 0 Å². The number of aromatic amines is 1. The van der Waals surface area contributed by atoms with Gasteiger partial charge in [-0.25, -0.2) is 4.98 Å². The number of rotatable bonds is 6. The summed E-state index contributed by atoms with van der Waals surface area (Å²) in [6, 6.07) is 21.3. The van der Waals surface area contributed by atoms with Gasteiger partial charge in [-0.05, 0) is 24.8 Å². The summed E-state index contributed by atoms with van der Waals surface area (Å²) >= 11 is 0. The first-order valence-electron chi connectivity index (χ1n) is 10.7. The number of nitrogens with one attached hydrogen (secondary N) is 2. The Hall–Kier alpha value is -2.43. The lowest BCUT2D eigenvalue weighted by atomic mass is 9.75. The molecule has 0 amide bonds. The van der Waals surface area contributed by atoms with E-state index in [1.54, 1.807) is 0 Å². The van der Waals surface area contributed by atoms with E-state index in [1.165, 1.54) is 17.0 Å². The van der Waals surface area contributed by atoms with Gasteiger partial charge in [-0.15, -0.1) is 0 Å². The number of hydrogen-bond donors (Lipinski definition) is 2. The van der Waals surface area contributed by atoms with Gasteiger partial charge in [-0.1, -0.05) is 74.5 Å². The van der Waals surface area contributed by atoms with Crippen LogP contribution in [0, 0.1) is 12.8 Å². The largest absolute Gasteiger partial charge is 0.342 e. The number of H-pyrrole nitrogens is 1. The molecule has 0 saturated carbocycles. The highest BCUT2D eigenvalue weighted by molar-refractivity contribution is 5.56. The van der Waals surface area contributed by atoms with Crippen LogP contribution in [0.25, 0.3) is 11.4 Å². The molecule has 4 heteroatoms. The van der Waals surface area contributed by atoms with Gasteiger partial charge >= 0.3 is 0 Å². The predicted octanol–water partition coefficient (Wildman–Crippen LogP) is 4.38. The summed E-state index contributed by atoms with van der Waals surface area (Å²) in [5.41, 5.74) is 4.73. The number of piperazine rings is 1. The van der Waals surface area contributed by atoms with Gasteiger partial charge in [0.25, 0.3) is 0 Å². The molecule has 1 atom stereocenters. The summed E-state index contributed by atoms with van der Waals surface area (Å²) in [5.74, 6) is 1.39. The molecule has 1 fully saturated rings.